The van der Waals surface area contributed by atoms with Gasteiger partial charge in [-0.05, 0) is 48.5 Å². The average molecular weight is 374 g/mol. The number of esters is 1. The van der Waals surface area contributed by atoms with Crippen molar-refractivity contribution < 1.29 is 32.2 Å². The Balaban J connectivity index is 1.83. The summed E-state index contributed by atoms with van der Waals surface area (Å²) < 4.78 is 44.7. The Bertz CT molecular complexity index is 745. The third kappa shape index (κ3) is 6.34. The molecule has 0 fully saturated rings. The van der Waals surface area contributed by atoms with E-state index < -0.39 is 30.6 Å². The lowest BCUT2D eigenvalue weighted by Gasteiger charge is -2.10. The Morgan fingerprint density at radius 1 is 1.00 bits per heavy atom. The number of rotatable bonds is 5. The van der Waals surface area contributed by atoms with Crippen molar-refractivity contribution in [1.82, 2.24) is 0 Å². The van der Waals surface area contributed by atoms with Crippen molar-refractivity contribution in [2.24, 2.45) is 0 Å². The first-order valence-electron chi connectivity index (χ1n) is 6.81. The Hall–Kier alpha value is -2.74. The summed E-state index contributed by atoms with van der Waals surface area (Å²) in [6.45, 7) is -0.553. The van der Waals surface area contributed by atoms with Crippen LogP contribution in [-0.2, 0) is 9.53 Å². The minimum Gasteiger partial charge on any atom is -0.452 e. The van der Waals surface area contributed by atoms with E-state index in [1.165, 1.54) is 36.4 Å². The van der Waals surface area contributed by atoms with Crippen LogP contribution in [-0.4, -0.2) is 24.8 Å². The van der Waals surface area contributed by atoms with Gasteiger partial charge in [0.2, 0.25) is 0 Å². The summed E-state index contributed by atoms with van der Waals surface area (Å²) in [6.07, 6.45) is -4.79. The highest BCUT2D eigenvalue weighted by Gasteiger charge is 2.30. The molecule has 0 aliphatic rings. The fraction of sp³-hybridized carbons (Fsp3) is 0.125. The predicted octanol–water partition coefficient (Wildman–Crippen LogP) is 4.03. The molecule has 0 bridgehead atoms. The van der Waals surface area contributed by atoms with E-state index in [4.69, 9.17) is 16.3 Å². The number of benzene rings is 2. The average Bonchev–Trinajstić information content (AvgIpc) is 2.54. The van der Waals surface area contributed by atoms with Crippen molar-refractivity contribution in [3.8, 4) is 5.75 Å². The van der Waals surface area contributed by atoms with Crippen molar-refractivity contribution >= 4 is 29.2 Å². The lowest BCUT2D eigenvalue weighted by molar-refractivity contribution is -0.274. The maximum Gasteiger partial charge on any atom is 0.573 e. The fourth-order valence-electron chi connectivity index (χ4n) is 1.74. The summed E-state index contributed by atoms with van der Waals surface area (Å²) >= 11 is 5.69. The molecule has 9 heteroatoms. The molecule has 0 saturated heterocycles. The molecule has 2 rings (SSSR count). The summed E-state index contributed by atoms with van der Waals surface area (Å²) in [5.74, 6) is -1.77. The van der Waals surface area contributed by atoms with E-state index in [1.807, 2.05) is 0 Å². The highest BCUT2D eigenvalue weighted by atomic mass is 35.5. The zero-order valence-electron chi connectivity index (χ0n) is 12.5. The van der Waals surface area contributed by atoms with Gasteiger partial charge in [0.15, 0.2) is 6.61 Å². The van der Waals surface area contributed by atoms with Crippen LogP contribution in [0.1, 0.15) is 10.4 Å². The number of carbonyl (C=O) groups excluding carboxylic acids is 2. The van der Waals surface area contributed by atoms with Gasteiger partial charge in [-0.15, -0.1) is 13.2 Å². The van der Waals surface area contributed by atoms with Crippen LogP contribution in [0.5, 0.6) is 5.75 Å². The first kappa shape index (κ1) is 18.6. The van der Waals surface area contributed by atoms with E-state index in [0.717, 1.165) is 12.1 Å². The molecule has 0 saturated carbocycles. The number of hydrogen-bond acceptors (Lipinski definition) is 4. The van der Waals surface area contributed by atoms with Gasteiger partial charge in [-0.2, -0.15) is 0 Å². The molecular weight excluding hydrogens is 363 g/mol. The maximum atomic E-state index is 12.0. The van der Waals surface area contributed by atoms with Crippen LogP contribution < -0.4 is 10.1 Å². The molecule has 0 aliphatic heterocycles. The smallest absolute Gasteiger partial charge is 0.452 e. The highest BCUT2D eigenvalue weighted by molar-refractivity contribution is 6.30. The normalized spacial score (nSPS) is 10.9. The summed E-state index contributed by atoms with van der Waals surface area (Å²) in [6, 6.07) is 10.4. The number of ether oxygens (including phenoxy) is 2. The van der Waals surface area contributed by atoms with Crippen LogP contribution in [0.15, 0.2) is 48.5 Å². The number of carbonyl (C=O) groups is 2. The molecule has 0 heterocycles. The third-order valence-electron chi connectivity index (χ3n) is 2.79. The Labute approximate surface area is 145 Å². The molecule has 0 atom stereocenters. The number of anilines is 1. The highest BCUT2D eigenvalue weighted by Crippen LogP contribution is 2.23. The van der Waals surface area contributed by atoms with Gasteiger partial charge < -0.3 is 14.8 Å². The predicted molar refractivity (Wildman–Crippen MR) is 83.5 cm³/mol. The van der Waals surface area contributed by atoms with Crippen LogP contribution in [0.2, 0.25) is 5.02 Å². The van der Waals surface area contributed by atoms with Crippen LogP contribution in [0.4, 0.5) is 18.9 Å². The monoisotopic (exact) mass is 373 g/mol. The Kier molecular flexibility index (Phi) is 5.87. The standard InChI is InChI=1S/C16H11ClF3NO4/c17-11-3-1-10(2-4-11)15(23)24-9-14(22)21-12-5-7-13(8-6-12)25-16(18,19)20/h1-8H,9H2,(H,21,22). The molecule has 0 unspecified atom stereocenters. The zero-order valence-corrected chi connectivity index (χ0v) is 13.2. The van der Waals surface area contributed by atoms with E-state index in [2.05, 4.69) is 10.1 Å². The van der Waals surface area contributed by atoms with Crippen molar-refractivity contribution in [2.75, 3.05) is 11.9 Å². The molecule has 0 spiro atoms. The minimum absolute atomic E-state index is 0.224. The quantitative estimate of drug-likeness (QED) is 0.803. The summed E-state index contributed by atoms with van der Waals surface area (Å²) in [4.78, 5) is 23.4. The van der Waals surface area contributed by atoms with Gasteiger partial charge in [-0.3, -0.25) is 4.79 Å². The van der Waals surface area contributed by atoms with Crippen molar-refractivity contribution in [2.45, 2.75) is 6.36 Å². The summed E-state index contributed by atoms with van der Waals surface area (Å²) in [5.41, 5.74) is 0.452. The minimum atomic E-state index is -4.79. The molecule has 0 radical (unpaired) electrons. The summed E-state index contributed by atoms with van der Waals surface area (Å²) in [7, 11) is 0. The summed E-state index contributed by atoms with van der Waals surface area (Å²) in [5, 5.41) is 2.82. The van der Waals surface area contributed by atoms with Crippen LogP contribution in [0, 0.1) is 0 Å². The van der Waals surface area contributed by atoms with E-state index in [1.54, 1.807) is 0 Å². The van der Waals surface area contributed by atoms with E-state index in [9.17, 15) is 22.8 Å². The maximum absolute atomic E-state index is 12.0. The van der Waals surface area contributed by atoms with Crippen molar-refractivity contribution in [1.29, 1.82) is 0 Å². The first-order valence-corrected chi connectivity index (χ1v) is 7.19. The van der Waals surface area contributed by atoms with E-state index >= 15 is 0 Å². The molecule has 1 amide bonds. The van der Waals surface area contributed by atoms with Crippen molar-refractivity contribution in [3.05, 3.63) is 59.1 Å². The van der Waals surface area contributed by atoms with Gasteiger partial charge >= 0.3 is 12.3 Å². The molecule has 2 aromatic rings. The molecule has 0 aliphatic carbocycles. The fourth-order valence-corrected chi connectivity index (χ4v) is 1.86. The molecular formula is C16H11ClF3NO4. The van der Waals surface area contributed by atoms with E-state index in [0.29, 0.717) is 5.02 Å². The van der Waals surface area contributed by atoms with Crippen LogP contribution >= 0.6 is 11.6 Å². The van der Waals surface area contributed by atoms with Gasteiger partial charge in [0.05, 0.1) is 5.56 Å². The SMILES string of the molecule is O=C(COC(=O)c1ccc(Cl)cc1)Nc1ccc(OC(F)(F)F)cc1. The number of halogens is 4. The second-order valence-corrected chi connectivity index (χ2v) is 5.14. The molecule has 2 aromatic carbocycles. The van der Waals surface area contributed by atoms with Gasteiger partial charge in [-0.1, -0.05) is 11.6 Å². The second kappa shape index (κ2) is 7.89. The first-order chi connectivity index (χ1) is 11.7. The number of alkyl halides is 3. The Morgan fingerprint density at radius 2 is 1.60 bits per heavy atom. The number of nitrogens with one attached hydrogen (secondary N) is 1. The van der Waals surface area contributed by atoms with Gasteiger partial charge in [0, 0.05) is 10.7 Å². The number of amides is 1. The van der Waals surface area contributed by atoms with Crippen LogP contribution in [0.25, 0.3) is 0 Å². The van der Waals surface area contributed by atoms with Gasteiger partial charge in [0.25, 0.3) is 5.91 Å². The lowest BCUT2D eigenvalue weighted by atomic mass is 10.2. The molecule has 1 N–H and O–H groups in total. The van der Waals surface area contributed by atoms with Gasteiger partial charge in [0.1, 0.15) is 5.75 Å². The van der Waals surface area contributed by atoms with Crippen LogP contribution in [0.3, 0.4) is 0 Å². The molecule has 0 aromatic heterocycles. The van der Waals surface area contributed by atoms with Gasteiger partial charge in [-0.25, -0.2) is 4.79 Å². The second-order valence-electron chi connectivity index (χ2n) is 4.70. The lowest BCUT2D eigenvalue weighted by Crippen LogP contribution is -2.21. The molecule has 5 nitrogen and oxygen atoms in total. The topological polar surface area (TPSA) is 64.6 Å². The molecule has 25 heavy (non-hydrogen) atoms. The number of hydrogen-bond donors (Lipinski definition) is 1. The molecule has 132 valence electrons. The third-order valence-corrected chi connectivity index (χ3v) is 3.04. The Morgan fingerprint density at radius 3 is 2.16 bits per heavy atom. The largest absolute Gasteiger partial charge is 0.573 e. The van der Waals surface area contributed by atoms with Crippen molar-refractivity contribution in [3.63, 3.8) is 0 Å². The van der Waals surface area contributed by atoms with E-state index in [-0.39, 0.29) is 11.3 Å². The zero-order chi connectivity index (χ0) is 18.4.